The molecule has 0 atom stereocenters. The number of amides is 1. The predicted octanol–water partition coefficient (Wildman–Crippen LogP) is 2.80. The van der Waals surface area contributed by atoms with Crippen molar-refractivity contribution in [3.05, 3.63) is 48.0 Å². The molecule has 0 N–H and O–H groups in total. The molecule has 82 valence electrons. The zero-order valence-corrected chi connectivity index (χ0v) is 9.95. The average Bonchev–Trinajstić information content (AvgIpc) is 2.36. The maximum atomic E-state index is 12.1. The highest BCUT2D eigenvalue weighted by Gasteiger charge is 2.12. The van der Waals surface area contributed by atoms with Gasteiger partial charge in [0.05, 0.1) is 5.88 Å². The van der Waals surface area contributed by atoms with Crippen LogP contribution < -0.4 is 0 Å². The molecule has 0 aliphatic carbocycles. The van der Waals surface area contributed by atoms with Gasteiger partial charge in [-0.2, -0.15) is 12.6 Å². The Morgan fingerprint density at radius 3 is 2.62 bits per heavy atom. The van der Waals surface area contributed by atoms with Gasteiger partial charge in [0.25, 0.3) is 5.91 Å². The molecule has 2 nitrogen and oxygen atoms in total. The summed E-state index contributed by atoms with van der Waals surface area (Å²) in [6.07, 6.45) is 0. The smallest absolute Gasteiger partial charge is 0.254 e. The number of hydrogen-bond donors (Lipinski definition) is 1. The molecular formula is C13H13NOS. The second-order valence-electron chi connectivity index (χ2n) is 3.67. The Bertz CT molecular complexity index is 519. The number of carbonyl (C=O) groups excluding carboxylic acids is 1. The first-order valence-electron chi connectivity index (χ1n) is 5.08. The molecule has 1 amide bonds. The van der Waals surface area contributed by atoms with E-state index in [9.17, 15) is 4.79 Å². The fourth-order valence-corrected chi connectivity index (χ4v) is 1.81. The number of hydrogen-bond acceptors (Lipinski definition) is 2. The van der Waals surface area contributed by atoms with E-state index in [4.69, 9.17) is 0 Å². The van der Waals surface area contributed by atoms with Crippen LogP contribution in [0.25, 0.3) is 10.8 Å². The summed E-state index contributed by atoms with van der Waals surface area (Å²) >= 11 is 4.10. The van der Waals surface area contributed by atoms with E-state index >= 15 is 0 Å². The average molecular weight is 231 g/mol. The minimum absolute atomic E-state index is 0.00630. The van der Waals surface area contributed by atoms with Crippen LogP contribution in [0.3, 0.4) is 0 Å². The van der Waals surface area contributed by atoms with Crippen molar-refractivity contribution >= 4 is 29.3 Å². The van der Waals surface area contributed by atoms with Crippen LogP contribution in [0.1, 0.15) is 10.4 Å². The first-order valence-corrected chi connectivity index (χ1v) is 5.71. The van der Waals surface area contributed by atoms with E-state index in [1.54, 1.807) is 11.9 Å². The molecule has 0 heterocycles. The van der Waals surface area contributed by atoms with Crippen molar-refractivity contribution in [3.8, 4) is 0 Å². The Balaban J connectivity index is 2.56. The molecule has 2 rings (SSSR count). The Kier molecular flexibility index (Phi) is 3.15. The van der Waals surface area contributed by atoms with Crippen molar-refractivity contribution in [2.24, 2.45) is 0 Å². The number of thiol groups is 1. The number of benzene rings is 2. The molecule has 2 aromatic rings. The van der Waals surface area contributed by atoms with Gasteiger partial charge in [-0.05, 0) is 16.8 Å². The van der Waals surface area contributed by atoms with E-state index in [0.717, 1.165) is 16.3 Å². The maximum Gasteiger partial charge on any atom is 0.254 e. The van der Waals surface area contributed by atoms with Crippen LogP contribution in [-0.2, 0) is 0 Å². The third kappa shape index (κ3) is 1.91. The standard InChI is InChI=1S/C13H13NOS/c1-14(9-16)13(15)12-8-4-6-10-5-2-3-7-11(10)12/h2-8,16H,9H2,1H3. The molecule has 0 radical (unpaired) electrons. The van der Waals surface area contributed by atoms with E-state index in [1.165, 1.54) is 0 Å². The fourth-order valence-electron chi connectivity index (χ4n) is 1.68. The molecular weight excluding hydrogens is 218 g/mol. The number of fused-ring (bicyclic) bond motifs is 1. The normalized spacial score (nSPS) is 10.4. The summed E-state index contributed by atoms with van der Waals surface area (Å²) in [6.45, 7) is 0. The molecule has 0 bridgehead atoms. The fraction of sp³-hybridized carbons (Fsp3) is 0.154. The zero-order chi connectivity index (χ0) is 11.5. The van der Waals surface area contributed by atoms with E-state index in [1.807, 2.05) is 42.5 Å². The lowest BCUT2D eigenvalue weighted by Gasteiger charge is -2.15. The van der Waals surface area contributed by atoms with Crippen molar-refractivity contribution in [1.82, 2.24) is 4.90 Å². The van der Waals surface area contributed by atoms with Crippen molar-refractivity contribution in [1.29, 1.82) is 0 Å². The Morgan fingerprint density at radius 2 is 1.88 bits per heavy atom. The lowest BCUT2D eigenvalue weighted by molar-refractivity contribution is 0.0822. The molecule has 0 aliphatic heterocycles. The summed E-state index contributed by atoms with van der Waals surface area (Å²) < 4.78 is 0. The zero-order valence-electron chi connectivity index (χ0n) is 9.05. The van der Waals surface area contributed by atoms with E-state index in [-0.39, 0.29) is 5.91 Å². The lowest BCUT2D eigenvalue weighted by Crippen LogP contribution is -2.25. The first kappa shape index (κ1) is 11.0. The molecule has 3 heteroatoms. The third-order valence-corrected chi connectivity index (χ3v) is 3.00. The van der Waals surface area contributed by atoms with Gasteiger partial charge in [0.1, 0.15) is 0 Å². The second kappa shape index (κ2) is 4.58. The summed E-state index contributed by atoms with van der Waals surface area (Å²) in [5, 5.41) is 2.07. The summed E-state index contributed by atoms with van der Waals surface area (Å²) in [5.74, 6) is 0.425. The molecule has 0 fully saturated rings. The molecule has 0 saturated carbocycles. The molecule has 16 heavy (non-hydrogen) atoms. The Labute approximate surface area is 100 Å². The van der Waals surface area contributed by atoms with E-state index < -0.39 is 0 Å². The van der Waals surface area contributed by atoms with Crippen molar-refractivity contribution in [2.45, 2.75) is 0 Å². The van der Waals surface area contributed by atoms with Gasteiger partial charge < -0.3 is 4.90 Å². The summed E-state index contributed by atoms with van der Waals surface area (Å²) in [5.41, 5.74) is 0.731. The number of carbonyl (C=O) groups is 1. The van der Waals surface area contributed by atoms with Gasteiger partial charge in [0.2, 0.25) is 0 Å². The lowest BCUT2D eigenvalue weighted by atomic mass is 10.0. The monoisotopic (exact) mass is 231 g/mol. The maximum absolute atomic E-state index is 12.1. The Hall–Kier alpha value is -1.48. The highest BCUT2D eigenvalue weighted by molar-refractivity contribution is 7.80. The van der Waals surface area contributed by atoms with Gasteiger partial charge in [-0.3, -0.25) is 4.79 Å². The summed E-state index contributed by atoms with van der Waals surface area (Å²) in [4.78, 5) is 13.7. The molecule has 2 aromatic carbocycles. The third-order valence-electron chi connectivity index (χ3n) is 2.58. The molecule has 0 unspecified atom stereocenters. The van der Waals surface area contributed by atoms with Crippen molar-refractivity contribution in [2.75, 3.05) is 12.9 Å². The molecule has 0 aliphatic rings. The quantitative estimate of drug-likeness (QED) is 0.622. The molecule has 0 saturated heterocycles. The Morgan fingerprint density at radius 1 is 1.19 bits per heavy atom. The minimum atomic E-state index is 0.00630. The van der Waals surface area contributed by atoms with E-state index in [0.29, 0.717) is 5.88 Å². The highest BCUT2D eigenvalue weighted by Crippen LogP contribution is 2.19. The second-order valence-corrected chi connectivity index (χ2v) is 3.95. The summed E-state index contributed by atoms with van der Waals surface area (Å²) in [7, 11) is 1.75. The summed E-state index contributed by atoms with van der Waals surface area (Å²) in [6, 6.07) is 13.7. The number of rotatable bonds is 2. The van der Waals surface area contributed by atoms with Crippen LogP contribution in [0.2, 0.25) is 0 Å². The SMILES string of the molecule is CN(CS)C(=O)c1cccc2ccccc12. The van der Waals surface area contributed by atoms with Crippen LogP contribution in [0.5, 0.6) is 0 Å². The topological polar surface area (TPSA) is 20.3 Å². The molecule has 0 spiro atoms. The van der Waals surface area contributed by atoms with Crippen LogP contribution >= 0.6 is 12.6 Å². The van der Waals surface area contributed by atoms with Crippen LogP contribution in [0.15, 0.2) is 42.5 Å². The minimum Gasteiger partial charge on any atom is -0.333 e. The largest absolute Gasteiger partial charge is 0.333 e. The number of nitrogens with zero attached hydrogens (tertiary/aromatic N) is 1. The van der Waals surface area contributed by atoms with Crippen LogP contribution in [0.4, 0.5) is 0 Å². The van der Waals surface area contributed by atoms with Crippen LogP contribution in [-0.4, -0.2) is 23.7 Å². The van der Waals surface area contributed by atoms with Crippen LogP contribution in [0, 0.1) is 0 Å². The van der Waals surface area contributed by atoms with Gasteiger partial charge in [-0.25, -0.2) is 0 Å². The van der Waals surface area contributed by atoms with Gasteiger partial charge in [0.15, 0.2) is 0 Å². The van der Waals surface area contributed by atoms with Gasteiger partial charge in [0, 0.05) is 12.6 Å². The first-order chi connectivity index (χ1) is 7.74. The van der Waals surface area contributed by atoms with Crippen molar-refractivity contribution < 1.29 is 4.79 Å². The van der Waals surface area contributed by atoms with Crippen molar-refractivity contribution in [3.63, 3.8) is 0 Å². The predicted molar refractivity (Wildman–Crippen MR) is 69.9 cm³/mol. The molecule has 0 aromatic heterocycles. The highest BCUT2D eigenvalue weighted by atomic mass is 32.1. The van der Waals surface area contributed by atoms with E-state index in [2.05, 4.69) is 12.6 Å². The van der Waals surface area contributed by atoms with Gasteiger partial charge in [-0.15, -0.1) is 0 Å². The van der Waals surface area contributed by atoms with Gasteiger partial charge in [-0.1, -0.05) is 36.4 Å². The van der Waals surface area contributed by atoms with Gasteiger partial charge >= 0.3 is 0 Å².